The second-order valence-corrected chi connectivity index (χ2v) is 9.27. The molecular weight excluding hydrogens is 431 g/mol. The molecule has 0 saturated carbocycles. The fraction of sp³-hybridized carbons (Fsp3) is 0.478. The maximum Gasteiger partial charge on any atom is 0.249 e. The largest absolute Gasteiger partial charge is 0.369 e. The van der Waals surface area contributed by atoms with Crippen molar-refractivity contribution in [3.05, 3.63) is 40.2 Å². The number of likely N-dealkylation sites (tertiary alicyclic amines) is 1. The molecule has 1 atom stereocenters. The van der Waals surface area contributed by atoms with Crippen LogP contribution in [-0.2, 0) is 20.9 Å². The maximum atomic E-state index is 12.8. The first-order valence-electron chi connectivity index (χ1n) is 10.5. The van der Waals surface area contributed by atoms with Crippen LogP contribution in [0.25, 0.3) is 11.3 Å². The van der Waals surface area contributed by atoms with Crippen LogP contribution in [0.2, 0.25) is 0 Å². The number of nitrogens with zero attached hydrogens (tertiary/aromatic N) is 3. The number of nitrogens with one attached hydrogen (secondary N) is 1. The summed E-state index contributed by atoms with van der Waals surface area (Å²) in [6.07, 6.45) is 1.38. The van der Waals surface area contributed by atoms with Crippen molar-refractivity contribution in [1.82, 2.24) is 15.2 Å². The van der Waals surface area contributed by atoms with Crippen LogP contribution in [0.15, 0.2) is 29.6 Å². The standard InChI is InChI=1S/C23H27FN4O3S/c1-23(2)8-7-18(13-28(23)21(29)14-31-10-9-24)22(30)26-12-20-27-19(15-32-20)17-5-3-16(11-25)4-6-17/h3-6,15,18H,7-10,12-14H2,1-2H3,(H,26,30). The summed E-state index contributed by atoms with van der Waals surface area (Å²) in [6, 6.07) is 9.28. The van der Waals surface area contributed by atoms with E-state index in [2.05, 4.69) is 16.4 Å². The quantitative estimate of drug-likeness (QED) is 0.613. The van der Waals surface area contributed by atoms with Gasteiger partial charge in [0.1, 0.15) is 18.3 Å². The van der Waals surface area contributed by atoms with Crippen molar-refractivity contribution in [3.63, 3.8) is 0 Å². The van der Waals surface area contributed by atoms with Crippen LogP contribution in [0.3, 0.4) is 0 Å². The predicted octanol–water partition coefficient (Wildman–Crippen LogP) is 3.30. The zero-order valence-electron chi connectivity index (χ0n) is 18.3. The normalized spacial score (nSPS) is 17.6. The molecule has 1 aliphatic rings. The number of piperidine rings is 1. The van der Waals surface area contributed by atoms with Crippen LogP contribution in [-0.4, -0.2) is 53.7 Å². The Balaban J connectivity index is 1.56. The monoisotopic (exact) mass is 458 g/mol. The number of carbonyl (C=O) groups excluding carboxylic acids is 2. The molecular formula is C23H27FN4O3S. The maximum absolute atomic E-state index is 12.8. The fourth-order valence-electron chi connectivity index (χ4n) is 3.71. The molecule has 1 N–H and O–H groups in total. The van der Waals surface area contributed by atoms with E-state index in [9.17, 15) is 14.0 Å². The molecule has 2 heterocycles. The van der Waals surface area contributed by atoms with Crippen LogP contribution in [0.4, 0.5) is 4.39 Å². The zero-order valence-corrected chi connectivity index (χ0v) is 19.1. The molecule has 0 radical (unpaired) electrons. The summed E-state index contributed by atoms with van der Waals surface area (Å²) in [5.41, 5.74) is 1.93. The van der Waals surface area contributed by atoms with Gasteiger partial charge in [0.25, 0.3) is 0 Å². The number of rotatable bonds is 8. The first-order chi connectivity index (χ1) is 15.3. The summed E-state index contributed by atoms with van der Waals surface area (Å²) in [7, 11) is 0. The smallest absolute Gasteiger partial charge is 0.249 e. The summed E-state index contributed by atoms with van der Waals surface area (Å²) < 4.78 is 17.3. The molecule has 0 aliphatic carbocycles. The van der Waals surface area contributed by atoms with Gasteiger partial charge >= 0.3 is 0 Å². The minimum absolute atomic E-state index is 0.109. The molecule has 170 valence electrons. The van der Waals surface area contributed by atoms with Crippen molar-refractivity contribution in [1.29, 1.82) is 5.26 Å². The van der Waals surface area contributed by atoms with Crippen molar-refractivity contribution in [2.24, 2.45) is 5.92 Å². The van der Waals surface area contributed by atoms with Crippen LogP contribution in [0.5, 0.6) is 0 Å². The summed E-state index contributed by atoms with van der Waals surface area (Å²) in [6.45, 7) is 3.63. The Hall–Kier alpha value is -2.83. The average Bonchev–Trinajstić information content (AvgIpc) is 3.26. The van der Waals surface area contributed by atoms with Crippen molar-refractivity contribution in [2.45, 2.75) is 38.8 Å². The molecule has 1 saturated heterocycles. The first-order valence-corrected chi connectivity index (χ1v) is 11.4. The van der Waals surface area contributed by atoms with Gasteiger partial charge in [-0.15, -0.1) is 11.3 Å². The second kappa shape index (κ2) is 10.7. The van der Waals surface area contributed by atoms with Crippen LogP contribution in [0.1, 0.15) is 37.3 Å². The topological polar surface area (TPSA) is 95.3 Å². The van der Waals surface area contributed by atoms with Gasteiger partial charge in [-0.25, -0.2) is 9.37 Å². The minimum Gasteiger partial charge on any atom is -0.369 e. The number of hydrogen-bond acceptors (Lipinski definition) is 6. The summed E-state index contributed by atoms with van der Waals surface area (Å²) in [5.74, 6) is -0.655. The number of aromatic nitrogens is 1. The highest BCUT2D eigenvalue weighted by atomic mass is 32.1. The van der Waals surface area contributed by atoms with Gasteiger partial charge in [-0.05, 0) is 38.8 Å². The van der Waals surface area contributed by atoms with E-state index >= 15 is 0 Å². The van der Waals surface area contributed by atoms with E-state index in [0.717, 1.165) is 16.3 Å². The number of nitriles is 1. The Morgan fingerprint density at radius 2 is 2.12 bits per heavy atom. The van der Waals surface area contributed by atoms with E-state index < -0.39 is 6.67 Å². The van der Waals surface area contributed by atoms with Crippen molar-refractivity contribution < 1.29 is 18.7 Å². The Bertz CT molecular complexity index is 984. The molecule has 0 spiro atoms. The Morgan fingerprint density at radius 3 is 2.81 bits per heavy atom. The Kier molecular flexibility index (Phi) is 7.94. The lowest BCUT2D eigenvalue weighted by atomic mass is 9.84. The lowest BCUT2D eigenvalue weighted by Crippen LogP contribution is -2.56. The van der Waals surface area contributed by atoms with E-state index in [-0.39, 0.29) is 36.5 Å². The van der Waals surface area contributed by atoms with E-state index in [4.69, 9.17) is 10.00 Å². The summed E-state index contributed by atoms with van der Waals surface area (Å²) in [5, 5.41) is 14.5. The molecule has 2 aromatic rings. The third kappa shape index (κ3) is 5.90. The molecule has 3 rings (SSSR count). The Labute approximate surface area is 191 Å². The molecule has 1 aromatic carbocycles. The molecule has 1 aliphatic heterocycles. The second-order valence-electron chi connectivity index (χ2n) is 8.33. The fourth-order valence-corrected chi connectivity index (χ4v) is 4.46. The third-order valence-electron chi connectivity index (χ3n) is 5.63. The predicted molar refractivity (Wildman–Crippen MR) is 119 cm³/mol. The molecule has 7 nitrogen and oxygen atoms in total. The molecule has 0 bridgehead atoms. The molecule has 1 unspecified atom stereocenters. The highest BCUT2D eigenvalue weighted by Crippen LogP contribution is 2.31. The lowest BCUT2D eigenvalue weighted by Gasteiger charge is -2.45. The van der Waals surface area contributed by atoms with Gasteiger partial charge in [0, 0.05) is 23.0 Å². The molecule has 9 heteroatoms. The van der Waals surface area contributed by atoms with E-state index in [0.29, 0.717) is 31.5 Å². The van der Waals surface area contributed by atoms with Crippen LogP contribution < -0.4 is 5.32 Å². The summed E-state index contributed by atoms with van der Waals surface area (Å²) in [4.78, 5) is 31.6. The van der Waals surface area contributed by atoms with Gasteiger partial charge < -0.3 is 15.0 Å². The minimum atomic E-state index is -0.634. The highest BCUT2D eigenvalue weighted by molar-refractivity contribution is 7.09. The first kappa shape index (κ1) is 23.8. The lowest BCUT2D eigenvalue weighted by molar-refractivity contribution is -0.147. The van der Waals surface area contributed by atoms with Gasteiger partial charge in [0.15, 0.2) is 0 Å². The van der Waals surface area contributed by atoms with Gasteiger partial charge in [0.2, 0.25) is 11.8 Å². The number of halogens is 1. The number of ether oxygens (including phenoxy) is 1. The van der Waals surface area contributed by atoms with Gasteiger partial charge in [-0.3, -0.25) is 9.59 Å². The van der Waals surface area contributed by atoms with Crippen LogP contribution >= 0.6 is 11.3 Å². The summed E-state index contributed by atoms with van der Waals surface area (Å²) >= 11 is 1.46. The zero-order chi connectivity index (χ0) is 23.1. The average molecular weight is 459 g/mol. The van der Waals surface area contributed by atoms with Gasteiger partial charge in [-0.1, -0.05) is 12.1 Å². The van der Waals surface area contributed by atoms with Crippen molar-refractivity contribution in [2.75, 3.05) is 26.4 Å². The number of thiazole rings is 1. The number of benzene rings is 1. The van der Waals surface area contributed by atoms with Gasteiger partial charge in [-0.2, -0.15) is 5.26 Å². The van der Waals surface area contributed by atoms with E-state index in [1.807, 2.05) is 31.4 Å². The van der Waals surface area contributed by atoms with E-state index in [1.165, 1.54) is 11.3 Å². The number of amides is 2. The van der Waals surface area contributed by atoms with Crippen LogP contribution in [0, 0.1) is 17.2 Å². The Morgan fingerprint density at radius 1 is 1.38 bits per heavy atom. The number of hydrogen-bond donors (Lipinski definition) is 1. The number of alkyl halides is 1. The highest BCUT2D eigenvalue weighted by Gasteiger charge is 2.39. The van der Waals surface area contributed by atoms with Crippen molar-refractivity contribution in [3.8, 4) is 17.3 Å². The number of carbonyl (C=O) groups is 2. The SMILES string of the molecule is CC1(C)CCC(C(=O)NCc2nc(-c3ccc(C#N)cc3)cs2)CN1C(=O)COCCF. The molecule has 2 amide bonds. The molecule has 32 heavy (non-hydrogen) atoms. The van der Waals surface area contributed by atoms with Gasteiger partial charge in [0.05, 0.1) is 36.4 Å². The molecule has 1 fully saturated rings. The van der Waals surface area contributed by atoms with E-state index in [1.54, 1.807) is 17.0 Å². The third-order valence-corrected chi connectivity index (χ3v) is 6.48. The molecule has 1 aromatic heterocycles. The van der Waals surface area contributed by atoms with Crippen molar-refractivity contribution >= 4 is 23.2 Å².